The van der Waals surface area contributed by atoms with Crippen LogP contribution in [-0.2, 0) is 11.2 Å². The Hall–Kier alpha value is -2.67. The zero-order chi connectivity index (χ0) is 18.5. The molecule has 0 saturated heterocycles. The van der Waals surface area contributed by atoms with E-state index >= 15 is 0 Å². The van der Waals surface area contributed by atoms with E-state index in [0.717, 1.165) is 29.8 Å². The first-order valence-corrected chi connectivity index (χ1v) is 10.1. The number of thiophene rings is 1. The lowest BCUT2D eigenvalue weighted by atomic mass is 10.2. The number of nitrogens with zero attached hydrogens (tertiary/aromatic N) is 2. The van der Waals surface area contributed by atoms with Crippen LogP contribution in [0.2, 0.25) is 0 Å². The average molecular weight is 383 g/mol. The van der Waals surface area contributed by atoms with Gasteiger partial charge in [0, 0.05) is 35.5 Å². The number of ether oxygens (including phenoxy) is 1. The number of carbonyl (C=O) groups excluding carboxylic acids is 1. The van der Waals surface area contributed by atoms with Gasteiger partial charge in [0.15, 0.2) is 0 Å². The van der Waals surface area contributed by atoms with Crippen molar-refractivity contribution in [2.45, 2.75) is 44.6 Å². The second-order valence-electron chi connectivity index (χ2n) is 6.61. The summed E-state index contributed by atoms with van der Waals surface area (Å²) in [5, 5.41) is 14.8. The molecule has 3 aromatic rings. The highest BCUT2D eigenvalue weighted by Gasteiger charge is 2.16. The van der Waals surface area contributed by atoms with Crippen LogP contribution in [0, 0.1) is 0 Å². The number of nitrogens with one attached hydrogen (secondary N) is 1. The molecule has 2 heterocycles. The lowest BCUT2D eigenvalue weighted by molar-refractivity contribution is -0.116. The molecule has 2 aromatic heterocycles. The summed E-state index contributed by atoms with van der Waals surface area (Å²) in [6, 6.07) is 9.48. The molecule has 6 nitrogen and oxygen atoms in total. The standard InChI is InChI=1S/C20H21N3O3S/c24-18(8-9-19-22-23-20(26-19)14-10-11-27-13-14)21-15-4-3-7-17(12-15)25-16-5-1-2-6-16/h3-4,7,10-13,16H,1-2,5-6,8-9H2,(H,21,24). The highest BCUT2D eigenvalue weighted by atomic mass is 32.1. The lowest BCUT2D eigenvalue weighted by Crippen LogP contribution is -2.13. The fraction of sp³-hybridized carbons (Fsp3) is 0.350. The molecule has 1 fully saturated rings. The molecule has 0 aliphatic heterocycles. The third-order valence-electron chi connectivity index (χ3n) is 4.52. The average Bonchev–Trinajstić information content (AvgIpc) is 3.42. The topological polar surface area (TPSA) is 77.2 Å². The van der Waals surface area contributed by atoms with Gasteiger partial charge in [-0.1, -0.05) is 6.07 Å². The molecule has 0 radical (unpaired) electrons. The van der Waals surface area contributed by atoms with E-state index in [-0.39, 0.29) is 12.3 Å². The van der Waals surface area contributed by atoms with E-state index < -0.39 is 0 Å². The Labute approximate surface area is 161 Å². The second-order valence-corrected chi connectivity index (χ2v) is 7.39. The molecule has 140 valence electrons. The van der Waals surface area contributed by atoms with E-state index in [1.165, 1.54) is 12.8 Å². The summed E-state index contributed by atoms with van der Waals surface area (Å²) in [5.41, 5.74) is 1.64. The van der Waals surface area contributed by atoms with Crippen LogP contribution in [0.1, 0.15) is 38.0 Å². The zero-order valence-electron chi connectivity index (χ0n) is 14.9. The van der Waals surface area contributed by atoms with Crippen molar-refractivity contribution in [3.05, 3.63) is 47.0 Å². The lowest BCUT2D eigenvalue weighted by Gasteiger charge is -2.14. The van der Waals surface area contributed by atoms with Crippen molar-refractivity contribution in [2.24, 2.45) is 0 Å². The molecule has 0 spiro atoms. The Morgan fingerprint density at radius 2 is 2.15 bits per heavy atom. The number of aromatic nitrogens is 2. The maximum Gasteiger partial charge on any atom is 0.248 e. The van der Waals surface area contributed by atoms with E-state index in [2.05, 4.69) is 15.5 Å². The molecule has 7 heteroatoms. The van der Waals surface area contributed by atoms with E-state index in [9.17, 15) is 4.79 Å². The predicted octanol–water partition coefficient (Wildman–Crippen LogP) is 4.69. The van der Waals surface area contributed by atoms with Crippen molar-refractivity contribution in [1.29, 1.82) is 0 Å². The number of rotatable bonds is 7. The zero-order valence-corrected chi connectivity index (χ0v) is 15.7. The number of aryl methyl sites for hydroxylation is 1. The van der Waals surface area contributed by atoms with Crippen molar-refractivity contribution in [2.75, 3.05) is 5.32 Å². The Bertz CT molecular complexity index is 886. The first kappa shape index (κ1) is 17.7. The molecule has 1 amide bonds. The molecule has 1 saturated carbocycles. The van der Waals surface area contributed by atoms with Crippen LogP contribution in [0.25, 0.3) is 11.5 Å². The summed E-state index contributed by atoms with van der Waals surface area (Å²) in [5.74, 6) is 1.66. The minimum absolute atomic E-state index is 0.0942. The highest BCUT2D eigenvalue weighted by Crippen LogP contribution is 2.26. The first-order valence-electron chi connectivity index (χ1n) is 9.18. The van der Waals surface area contributed by atoms with Crippen LogP contribution >= 0.6 is 11.3 Å². The largest absolute Gasteiger partial charge is 0.490 e. The van der Waals surface area contributed by atoms with Gasteiger partial charge >= 0.3 is 0 Å². The maximum atomic E-state index is 12.2. The molecule has 27 heavy (non-hydrogen) atoms. The summed E-state index contributed by atoms with van der Waals surface area (Å²) in [6.45, 7) is 0. The number of benzene rings is 1. The molecule has 0 bridgehead atoms. The summed E-state index contributed by atoms with van der Waals surface area (Å²) in [6.07, 6.45) is 5.64. The summed E-state index contributed by atoms with van der Waals surface area (Å²) in [4.78, 5) is 12.2. The van der Waals surface area contributed by atoms with Gasteiger partial charge in [0.25, 0.3) is 0 Å². The third-order valence-corrected chi connectivity index (χ3v) is 5.21. The molecule has 0 unspecified atom stereocenters. The van der Waals surface area contributed by atoms with Gasteiger partial charge in [0.2, 0.25) is 17.7 Å². The van der Waals surface area contributed by atoms with E-state index in [0.29, 0.717) is 24.3 Å². The van der Waals surface area contributed by atoms with Crippen LogP contribution in [0.5, 0.6) is 5.75 Å². The molecule has 4 rings (SSSR count). The fourth-order valence-electron chi connectivity index (χ4n) is 3.15. The van der Waals surface area contributed by atoms with Crippen LogP contribution in [0.4, 0.5) is 5.69 Å². The van der Waals surface area contributed by atoms with Crippen LogP contribution in [0.3, 0.4) is 0 Å². The van der Waals surface area contributed by atoms with Crippen LogP contribution in [0.15, 0.2) is 45.5 Å². The molecular formula is C20H21N3O3S. The third kappa shape index (κ3) is 4.74. The minimum atomic E-state index is -0.0942. The number of hydrogen-bond donors (Lipinski definition) is 1. The Morgan fingerprint density at radius 3 is 2.96 bits per heavy atom. The Balaban J connectivity index is 1.29. The number of amides is 1. The number of carbonyl (C=O) groups is 1. The highest BCUT2D eigenvalue weighted by molar-refractivity contribution is 7.08. The monoisotopic (exact) mass is 383 g/mol. The van der Waals surface area contributed by atoms with Gasteiger partial charge in [-0.05, 0) is 49.3 Å². The van der Waals surface area contributed by atoms with Crippen molar-refractivity contribution in [1.82, 2.24) is 10.2 Å². The van der Waals surface area contributed by atoms with Crippen molar-refractivity contribution in [3.63, 3.8) is 0 Å². The summed E-state index contributed by atoms with van der Waals surface area (Å²) >= 11 is 1.57. The molecule has 1 aliphatic carbocycles. The van der Waals surface area contributed by atoms with Crippen LogP contribution < -0.4 is 10.1 Å². The number of anilines is 1. The van der Waals surface area contributed by atoms with Gasteiger partial charge in [0.05, 0.1) is 6.10 Å². The van der Waals surface area contributed by atoms with Gasteiger partial charge < -0.3 is 14.5 Å². The molecule has 0 atom stereocenters. The smallest absolute Gasteiger partial charge is 0.248 e. The van der Waals surface area contributed by atoms with Crippen molar-refractivity contribution < 1.29 is 13.9 Å². The van der Waals surface area contributed by atoms with Gasteiger partial charge in [0.1, 0.15) is 5.75 Å². The maximum absolute atomic E-state index is 12.2. The van der Waals surface area contributed by atoms with Crippen molar-refractivity contribution >= 4 is 22.9 Å². The molecular weight excluding hydrogens is 362 g/mol. The van der Waals surface area contributed by atoms with Gasteiger partial charge in [-0.2, -0.15) is 11.3 Å². The first-order chi connectivity index (χ1) is 13.3. The van der Waals surface area contributed by atoms with Gasteiger partial charge in [-0.3, -0.25) is 4.79 Å². The summed E-state index contributed by atoms with van der Waals surface area (Å²) in [7, 11) is 0. The van der Waals surface area contributed by atoms with Crippen LogP contribution in [-0.4, -0.2) is 22.2 Å². The second kappa shape index (κ2) is 8.35. The normalized spacial score (nSPS) is 14.4. The van der Waals surface area contributed by atoms with Gasteiger partial charge in [-0.25, -0.2) is 0 Å². The van der Waals surface area contributed by atoms with Gasteiger partial charge in [-0.15, -0.1) is 10.2 Å². The minimum Gasteiger partial charge on any atom is -0.490 e. The van der Waals surface area contributed by atoms with E-state index in [1.54, 1.807) is 11.3 Å². The fourth-order valence-corrected chi connectivity index (χ4v) is 3.78. The quantitative estimate of drug-likeness (QED) is 0.640. The Kier molecular flexibility index (Phi) is 5.48. The predicted molar refractivity (Wildman–Crippen MR) is 104 cm³/mol. The van der Waals surface area contributed by atoms with E-state index in [1.807, 2.05) is 41.1 Å². The Morgan fingerprint density at radius 1 is 1.26 bits per heavy atom. The molecule has 1 aromatic carbocycles. The van der Waals surface area contributed by atoms with E-state index in [4.69, 9.17) is 9.15 Å². The molecule has 1 N–H and O–H groups in total. The SMILES string of the molecule is O=C(CCc1nnc(-c2ccsc2)o1)Nc1cccc(OC2CCCC2)c1. The number of hydrogen-bond acceptors (Lipinski definition) is 6. The molecule has 1 aliphatic rings. The summed E-state index contributed by atoms with van der Waals surface area (Å²) < 4.78 is 11.6. The van der Waals surface area contributed by atoms with Crippen molar-refractivity contribution in [3.8, 4) is 17.2 Å².